The molecular formula is C24H21ClF3NO5. The number of hydrogen-bond acceptors (Lipinski definition) is 5. The molecule has 34 heavy (non-hydrogen) atoms. The highest BCUT2D eigenvalue weighted by Gasteiger charge is 2.32. The van der Waals surface area contributed by atoms with E-state index in [4.69, 9.17) is 25.9 Å². The minimum Gasteiger partial charge on any atom is -0.493 e. The highest BCUT2D eigenvalue weighted by atomic mass is 35.5. The maximum atomic E-state index is 13.3. The second-order valence-electron chi connectivity index (χ2n) is 8.13. The second kappa shape index (κ2) is 9.68. The van der Waals surface area contributed by atoms with Crippen LogP contribution in [0.3, 0.4) is 0 Å². The molecule has 10 heteroatoms. The van der Waals surface area contributed by atoms with Crippen molar-refractivity contribution in [1.82, 2.24) is 4.90 Å². The van der Waals surface area contributed by atoms with Gasteiger partial charge >= 0.3 is 12.1 Å². The zero-order valence-corrected chi connectivity index (χ0v) is 18.7. The molecule has 2 heterocycles. The lowest BCUT2D eigenvalue weighted by atomic mass is 10.1. The highest BCUT2D eigenvalue weighted by Crippen LogP contribution is 2.38. The van der Waals surface area contributed by atoms with Crippen molar-refractivity contribution in [2.45, 2.75) is 19.0 Å². The number of carboxylic acid groups (broad SMARTS) is 1. The van der Waals surface area contributed by atoms with Crippen LogP contribution >= 0.6 is 11.6 Å². The topological polar surface area (TPSA) is 80.0 Å². The third-order valence-electron chi connectivity index (χ3n) is 5.78. The Balaban J connectivity index is 1.58. The molecular weight excluding hydrogens is 475 g/mol. The average molecular weight is 496 g/mol. The van der Waals surface area contributed by atoms with E-state index in [2.05, 4.69) is 0 Å². The third kappa shape index (κ3) is 5.20. The van der Waals surface area contributed by atoms with E-state index in [9.17, 15) is 22.8 Å². The van der Waals surface area contributed by atoms with Crippen LogP contribution in [0.2, 0.25) is 5.02 Å². The van der Waals surface area contributed by atoms with Crippen LogP contribution in [0, 0.1) is 5.92 Å². The molecule has 3 aromatic rings. The Hall–Kier alpha value is -3.04. The molecule has 1 N–H and O–H groups in total. The molecule has 0 saturated carbocycles. The van der Waals surface area contributed by atoms with Crippen molar-refractivity contribution in [2.75, 3.05) is 26.2 Å². The first kappa shape index (κ1) is 24.1. The van der Waals surface area contributed by atoms with Gasteiger partial charge in [0.05, 0.1) is 34.1 Å². The van der Waals surface area contributed by atoms with Crippen LogP contribution in [-0.4, -0.2) is 42.2 Å². The number of benzene rings is 2. The largest absolute Gasteiger partial charge is 0.493 e. The van der Waals surface area contributed by atoms with Crippen LogP contribution in [-0.2, 0) is 11.0 Å². The summed E-state index contributed by atoms with van der Waals surface area (Å²) in [5.41, 5.74) is -0.943. The van der Waals surface area contributed by atoms with Gasteiger partial charge in [0.1, 0.15) is 11.5 Å². The van der Waals surface area contributed by atoms with Gasteiger partial charge in [-0.25, -0.2) is 0 Å². The van der Waals surface area contributed by atoms with Gasteiger partial charge in [-0.3, -0.25) is 9.59 Å². The van der Waals surface area contributed by atoms with Crippen LogP contribution in [0.5, 0.6) is 5.75 Å². The van der Waals surface area contributed by atoms with E-state index in [1.54, 1.807) is 18.2 Å². The van der Waals surface area contributed by atoms with E-state index in [1.165, 1.54) is 12.1 Å². The first-order chi connectivity index (χ1) is 16.1. The number of nitrogens with zero attached hydrogens (tertiary/aromatic N) is 1. The van der Waals surface area contributed by atoms with Gasteiger partial charge in [0, 0.05) is 19.2 Å². The predicted octanol–water partition coefficient (Wildman–Crippen LogP) is 5.31. The lowest BCUT2D eigenvalue weighted by molar-refractivity contribution is -0.141. The molecule has 6 nitrogen and oxygen atoms in total. The van der Waals surface area contributed by atoms with Gasteiger partial charge in [-0.1, -0.05) is 17.7 Å². The standard InChI is InChI=1S/C24H21ClF3NO5/c25-18-4-1-3-16-19(30)12-21(34-22(16)18)17-6-5-15(24(26,27)28)11-20(17)33-10-2-8-29-9-7-14(13-29)23(31)32/h1,3-6,11-12,14H,2,7-10,13H2,(H,31,32). The number of alkyl halides is 3. The summed E-state index contributed by atoms with van der Waals surface area (Å²) >= 11 is 6.15. The minimum atomic E-state index is -4.58. The summed E-state index contributed by atoms with van der Waals surface area (Å²) in [7, 11) is 0. The molecule has 180 valence electrons. The van der Waals surface area contributed by atoms with Crippen molar-refractivity contribution in [3.63, 3.8) is 0 Å². The van der Waals surface area contributed by atoms with Crippen molar-refractivity contribution in [3.05, 3.63) is 63.3 Å². The number of halogens is 4. The summed E-state index contributed by atoms with van der Waals surface area (Å²) in [4.78, 5) is 25.6. The molecule has 1 fully saturated rings. The van der Waals surface area contributed by atoms with E-state index < -0.39 is 23.6 Å². The van der Waals surface area contributed by atoms with Gasteiger partial charge in [0.15, 0.2) is 11.0 Å². The Labute approximate surface area is 197 Å². The zero-order chi connectivity index (χ0) is 24.5. The maximum Gasteiger partial charge on any atom is 0.416 e. The summed E-state index contributed by atoms with van der Waals surface area (Å²) in [6, 6.07) is 8.88. The normalized spacial score (nSPS) is 16.8. The van der Waals surface area contributed by atoms with Crippen LogP contribution in [0.25, 0.3) is 22.3 Å². The van der Waals surface area contributed by atoms with Gasteiger partial charge in [-0.2, -0.15) is 13.2 Å². The lowest BCUT2D eigenvalue weighted by Gasteiger charge is -2.17. The average Bonchev–Trinajstić information content (AvgIpc) is 3.26. The van der Waals surface area contributed by atoms with Crippen LogP contribution in [0.1, 0.15) is 18.4 Å². The first-order valence-electron chi connectivity index (χ1n) is 10.7. The Morgan fingerprint density at radius 3 is 2.74 bits per heavy atom. The quantitative estimate of drug-likeness (QED) is 0.448. The number of para-hydroxylation sites is 1. The molecule has 1 atom stereocenters. The Kier molecular flexibility index (Phi) is 6.86. The van der Waals surface area contributed by atoms with Crippen molar-refractivity contribution in [1.29, 1.82) is 0 Å². The Bertz CT molecular complexity index is 1270. The SMILES string of the molecule is O=C(O)C1CCN(CCCOc2cc(C(F)(F)F)ccc2-c2cc(=O)c3cccc(Cl)c3o2)C1. The maximum absolute atomic E-state index is 13.3. The Morgan fingerprint density at radius 2 is 2.03 bits per heavy atom. The molecule has 1 aliphatic rings. The summed E-state index contributed by atoms with van der Waals surface area (Å²) in [6.07, 6.45) is -3.53. The number of ether oxygens (including phenoxy) is 1. The second-order valence-corrected chi connectivity index (χ2v) is 8.53. The fourth-order valence-electron chi connectivity index (χ4n) is 4.00. The van der Waals surface area contributed by atoms with E-state index in [-0.39, 0.29) is 45.1 Å². The zero-order valence-electron chi connectivity index (χ0n) is 17.9. The number of fused-ring (bicyclic) bond motifs is 1. The predicted molar refractivity (Wildman–Crippen MR) is 120 cm³/mol. The third-order valence-corrected chi connectivity index (χ3v) is 6.08. The first-order valence-corrected chi connectivity index (χ1v) is 11.0. The van der Waals surface area contributed by atoms with Crippen LogP contribution in [0.4, 0.5) is 13.2 Å². The molecule has 4 rings (SSSR count). The molecule has 0 bridgehead atoms. The number of aliphatic carboxylic acids is 1. The van der Waals surface area contributed by atoms with E-state index in [0.717, 1.165) is 12.1 Å². The fraction of sp³-hybridized carbons (Fsp3) is 0.333. The van der Waals surface area contributed by atoms with Gasteiger partial charge < -0.3 is 19.2 Å². The molecule has 0 amide bonds. The van der Waals surface area contributed by atoms with Gasteiger partial charge in [-0.15, -0.1) is 0 Å². The van der Waals surface area contributed by atoms with Crippen molar-refractivity contribution < 1.29 is 32.2 Å². The fourth-order valence-corrected chi connectivity index (χ4v) is 4.22. The molecule has 1 unspecified atom stereocenters. The van der Waals surface area contributed by atoms with E-state index >= 15 is 0 Å². The van der Waals surface area contributed by atoms with Gasteiger partial charge in [0.25, 0.3) is 0 Å². The number of hydrogen-bond donors (Lipinski definition) is 1. The molecule has 1 aliphatic heterocycles. The number of likely N-dealkylation sites (tertiary alicyclic amines) is 1. The molecule has 1 aromatic heterocycles. The number of carboxylic acids is 1. The van der Waals surface area contributed by atoms with Crippen molar-refractivity contribution >= 4 is 28.5 Å². The smallest absolute Gasteiger partial charge is 0.416 e. The van der Waals surface area contributed by atoms with E-state index in [0.29, 0.717) is 32.5 Å². The molecule has 0 aliphatic carbocycles. The number of rotatable bonds is 7. The molecule has 2 aromatic carbocycles. The van der Waals surface area contributed by atoms with Gasteiger partial charge in [-0.05, 0) is 49.7 Å². The van der Waals surface area contributed by atoms with Crippen LogP contribution in [0.15, 0.2) is 51.7 Å². The van der Waals surface area contributed by atoms with E-state index in [1.807, 2.05) is 4.90 Å². The van der Waals surface area contributed by atoms with Crippen molar-refractivity contribution in [3.8, 4) is 17.1 Å². The highest BCUT2D eigenvalue weighted by molar-refractivity contribution is 6.34. The molecule has 0 radical (unpaired) electrons. The van der Waals surface area contributed by atoms with Crippen LogP contribution < -0.4 is 10.2 Å². The Morgan fingerprint density at radius 1 is 1.24 bits per heavy atom. The lowest BCUT2D eigenvalue weighted by Crippen LogP contribution is -2.25. The summed E-state index contributed by atoms with van der Waals surface area (Å²) in [6.45, 7) is 1.74. The summed E-state index contributed by atoms with van der Waals surface area (Å²) < 4.78 is 51.5. The number of carbonyl (C=O) groups is 1. The molecule has 0 spiro atoms. The monoisotopic (exact) mass is 495 g/mol. The van der Waals surface area contributed by atoms with Gasteiger partial charge in [0.2, 0.25) is 0 Å². The van der Waals surface area contributed by atoms with Crippen molar-refractivity contribution in [2.24, 2.45) is 5.92 Å². The minimum absolute atomic E-state index is 0.0400. The summed E-state index contributed by atoms with van der Waals surface area (Å²) in [5, 5.41) is 9.57. The molecule has 1 saturated heterocycles. The summed E-state index contributed by atoms with van der Waals surface area (Å²) in [5.74, 6) is -1.27.